The van der Waals surface area contributed by atoms with E-state index in [0.29, 0.717) is 17.6 Å². The number of nitrogens with zero attached hydrogens (tertiary/aromatic N) is 3. The highest BCUT2D eigenvalue weighted by Gasteiger charge is 2.25. The molecule has 0 fully saturated rings. The summed E-state index contributed by atoms with van der Waals surface area (Å²) < 4.78 is 27.6. The van der Waals surface area contributed by atoms with Crippen LogP contribution in [0.25, 0.3) is 0 Å². The van der Waals surface area contributed by atoms with Gasteiger partial charge in [-0.05, 0) is 54.0 Å². The Hall–Kier alpha value is -1.19. The fourth-order valence-electron chi connectivity index (χ4n) is 2.00. The number of rotatable bonds is 4. The molecule has 1 aromatic heterocycles. The summed E-state index contributed by atoms with van der Waals surface area (Å²) in [7, 11) is -3.81. The van der Waals surface area contributed by atoms with E-state index >= 15 is 0 Å². The van der Waals surface area contributed by atoms with E-state index in [1.54, 1.807) is 17.0 Å². The van der Waals surface area contributed by atoms with Crippen molar-refractivity contribution in [2.45, 2.75) is 23.8 Å². The van der Waals surface area contributed by atoms with Gasteiger partial charge in [0.1, 0.15) is 0 Å². The molecule has 0 aliphatic carbocycles. The van der Waals surface area contributed by atoms with E-state index in [-0.39, 0.29) is 16.0 Å². The summed E-state index contributed by atoms with van der Waals surface area (Å²) in [5.74, 6) is 0. The lowest BCUT2D eigenvalue weighted by atomic mass is 10.4. The minimum atomic E-state index is -3.81. The number of hydrogen-bond acceptors (Lipinski definition) is 4. The van der Waals surface area contributed by atoms with Crippen LogP contribution in [0.1, 0.15) is 13.8 Å². The highest BCUT2D eigenvalue weighted by Crippen LogP contribution is 2.29. The number of hydrogen-bond donors (Lipinski definition) is 0. The zero-order valence-electron chi connectivity index (χ0n) is 12.5. The Bertz CT molecular complexity index is 830. The van der Waals surface area contributed by atoms with E-state index in [1.165, 1.54) is 18.3 Å². The number of amides is 1. The Morgan fingerprint density at radius 1 is 1.22 bits per heavy atom. The van der Waals surface area contributed by atoms with Crippen LogP contribution in [0.15, 0.2) is 49.3 Å². The third-order valence-corrected chi connectivity index (χ3v) is 6.37. The molecule has 6 nitrogen and oxygen atoms in total. The summed E-state index contributed by atoms with van der Waals surface area (Å²) in [5, 5.41) is 3.78. The van der Waals surface area contributed by atoms with Crippen LogP contribution in [0, 0.1) is 0 Å². The van der Waals surface area contributed by atoms with Crippen molar-refractivity contribution in [3.05, 3.63) is 39.4 Å². The lowest BCUT2D eigenvalue weighted by Crippen LogP contribution is -2.34. The van der Waals surface area contributed by atoms with E-state index in [0.717, 1.165) is 9.15 Å². The third-order valence-electron chi connectivity index (χ3n) is 3.25. The number of benzene rings is 1. The Morgan fingerprint density at radius 3 is 2.43 bits per heavy atom. The van der Waals surface area contributed by atoms with E-state index < -0.39 is 9.84 Å². The van der Waals surface area contributed by atoms with Gasteiger partial charge < -0.3 is 4.90 Å². The minimum absolute atomic E-state index is 0.0984. The van der Waals surface area contributed by atoms with Crippen LogP contribution >= 0.6 is 31.9 Å². The average Bonchev–Trinajstić information content (AvgIpc) is 2.98. The van der Waals surface area contributed by atoms with Crippen LogP contribution in [0.4, 0.5) is 4.79 Å². The molecule has 0 atom stereocenters. The Labute approximate surface area is 151 Å². The van der Waals surface area contributed by atoms with Crippen molar-refractivity contribution in [2.75, 3.05) is 13.1 Å². The minimum Gasteiger partial charge on any atom is -0.323 e. The molecule has 1 amide bonds. The molecule has 1 heterocycles. The number of carbonyl (C=O) groups is 1. The Morgan fingerprint density at radius 2 is 1.87 bits per heavy atom. The maximum atomic E-state index is 12.7. The molecular weight excluding hydrogens is 450 g/mol. The standard InChI is InChI=1S/C14H15Br2N3O3S/c1-3-18(4-2)14(20)19-8-7-13(17-19)23(21,22)12-6-5-10(15)9-11(12)16/h5-9H,3-4H2,1-2H3. The Balaban J connectivity index is 2.41. The molecule has 124 valence electrons. The van der Waals surface area contributed by atoms with Crippen molar-refractivity contribution < 1.29 is 13.2 Å². The van der Waals surface area contributed by atoms with Crippen molar-refractivity contribution in [3.63, 3.8) is 0 Å². The van der Waals surface area contributed by atoms with Crippen LogP contribution in [0.2, 0.25) is 0 Å². The molecule has 23 heavy (non-hydrogen) atoms. The second kappa shape index (κ2) is 7.14. The topological polar surface area (TPSA) is 72.3 Å². The molecule has 0 saturated heterocycles. The maximum absolute atomic E-state index is 12.7. The second-order valence-corrected chi connectivity index (χ2v) is 8.27. The van der Waals surface area contributed by atoms with Gasteiger partial charge in [0.15, 0.2) is 5.03 Å². The van der Waals surface area contributed by atoms with Gasteiger partial charge >= 0.3 is 6.03 Å². The van der Waals surface area contributed by atoms with Crippen molar-refractivity contribution in [2.24, 2.45) is 0 Å². The Kier molecular flexibility index (Phi) is 5.64. The number of aromatic nitrogens is 2. The van der Waals surface area contributed by atoms with Gasteiger partial charge in [0, 0.05) is 28.2 Å². The number of carbonyl (C=O) groups excluding carboxylic acids is 1. The fraction of sp³-hybridized carbons (Fsp3) is 0.286. The van der Waals surface area contributed by atoms with Crippen molar-refractivity contribution in [1.82, 2.24) is 14.7 Å². The lowest BCUT2D eigenvalue weighted by Gasteiger charge is -2.17. The quantitative estimate of drug-likeness (QED) is 0.693. The number of halogens is 2. The first-order valence-electron chi connectivity index (χ1n) is 6.86. The highest BCUT2D eigenvalue weighted by molar-refractivity contribution is 9.11. The summed E-state index contributed by atoms with van der Waals surface area (Å²) in [6.45, 7) is 4.74. The molecule has 0 bridgehead atoms. The first-order chi connectivity index (χ1) is 10.8. The second-order valence-electron chi connectivity index (χ2n) is 4.63. The van der Waals surface area contributed by atoms with Gasteiger partial charge in [-0.15, -0.1) is 0 Å². The number of sulfone groups is 1. The SMILES string of the molecule is CCN(CC)C(=O)n1ccc(S(=O)(=O)c2ccc(Br)cc2Br)n1. The highest BCUT2D eigenvalue weighted by atomic mass is 79.9. The smallest absolute Gasteiger partial charge is 0.323 e. The molecule has 1 aromatic carbocycles. The van der Waals surface area contributed by atoms with E-state index in [4.69, 9.17) is 0 Å². The fourth-order valence-corrected chi connectivity index (χ4v) is 4.91. The summed E-state index contributed by atoms with van der Waals surface area (Å²) in [4.78, 5) is 13.9. The maximum Gasteiger partial charge on any atom is 0.344 e. The lowest BCUT2D eigenvalue weighted by molar-refractivity contribution is 0.201. The summed E-state index contributed by atoms with van der Waals surface area (Å²) in [5.41, 5.74) is 0. The molecule has 0 aliphatic heterocycles. The van der Waals surface area contributed by atoms with Gasteiger partial charge in [-0.1, -0.05) is 15.9 Å². The van der Waals surface area contributed by atoms with Crippen LogP contribution in [-0.4, -0.2) is 42.2 Å². The van der Waals surface area contributed by atoms with Crippen LogP contribution in [0.5, 0.6) is 0 Å². The molecule has 0 aliphatic rings. The zero-order chi connectivity index (χ0) is 17.2. The first-order valence-corrected chi connectivity index (χ1v) is 9.93. The molecule has 0 unspecified atom stereocenters. The molecule has 0 radical (unpaired) electrons. The van der Waals surface area contributed by atoms with E-state index in [9.17, 15) is 13.2 Å². The predicted octanol–water partition coefficient (Wildman–Crippen LogP) is 3.55. The van der Waals surface area contributed by atoms with Crippen molar-refractivity contribution in [3.8, 4) is 0 Å². The molecular formula is C14H15Br2N3O3S. The molecule has 2 rings (SSSR count). The van der Waals surface area contributed by atoms with Gasteiger partial charge in [0.05, 0.1) is 4.90 Å². The molecule has 2 aromatic rings. The van der Waals surface area contributed by atoms with Crippen molar-refractivity contribution in [1.29, 1.82) is 0 Å². The predicted molar refractivity (Wildman–Crippen MR) is 93.2 cm³/mol. The van der Waals surface area contributed by atoms with E-state index in [2.05, 4.69) is 37.0 Å². The average molecular weight is 465 g/mol. The van der Waals surface area contributed by atoms with Crippen LogP contribution < -0.4 is 0 Å². The van der Waals surface area contributed by atoms with Crippen LogP contribution in [-0.2, 0) is 9.84 Å². The van der Waals surface area contributed by atoms with Gasteiger partial charge in [-0.3, -0.25) is 0 Å². The molecule has 0 saturated carbocycles. The van der Waals surface area contributed by atoms with Crippen molar-refractivity contribution >= 4 is 47.7 Å². The summed E-state index contributed by atoms with van der Waals surface area (Å²) >= 11 is 6.52. The zero-order valence-corrected chi connectivity index (χ0v) is 16.5. The first kappa shape index (κ1) is 18.2. The summed E-state index contributed by atoms with van der Waals surface area (Å²) in [6.07, 6.45) is 1.36. The van der Waals surface area contributed by atoms with Gasteiger partial charge in [0.25, 0.3) is 0 Å². The molecule has 9 heteroatoms. The monoisotopic (exact) mass is 463 g/mol. The van der Waals surface area contributed by atoms with Crippen LogP contribution in [0.3, 0.4) is 0 Å². The van der Waals surface area contributed by atoms with E-state index in [1.807, 2.05) is 13.8 Å². The van der Waals surface area contributed by atoms with Gasteiger partial charge in [-0.25, -0.2) is 13.2 Å². The van der Waals surface area contributed by atoms with Gasteiger partial charge in [0.2, 0.25) is 9.84 Å². The summed E-state index contributed by atoms with van der Waals surface area (Å²) in [6, 6.07) is 5.73. The van der Waals surface area contributed by atoms with Gasteiger partial charge in [-0.2, -0.15) is 9.78 Å². The molecule has 0 N–H and O–H groups in total. The third kappa shape index (κ3) is 3.67. The normalized spacial score (nSPS) is 11.5. The molecule has 0 spiro atoms. The largest absolute Gasteiger partial charge is 0.344 e.